The minimum Gasteiger partial charge on any atom is -0.368 e. The van der Waals surface area contributed by atoms with Gasteiger partial charge < -0.3 is 5.73 Å². The highest BCUT2D eigenvalue weighted by Crippen LogP contribution is 2.34. The number of aryl methyl sites for hydroxylation is 1. The summed E-state index contributed by atoms with van der Waals surface area (Å²) >= 11 is 3.34. The Balaban J connectivity index is 2.78. The third-order valence-corrected chi connectivity index (χ3v) is 3.08. The highest BCUT2D eigenvalue weighted by atomic mass is 79.9. The number of nitrogens with two attached hydrogens (primary N) is 1. The minimum absolute atomic E-state index is 0.0175. The van der Waals surface area contributed by atoms with Gasteiger partial charge in [-0.3, -0.25) is 10.1 Å². The predicted molar refractivity (Wildman–Crippen MR) is 71.0 cm³/mol. The van der Waals surface area contributed by atoms with E-state index in [4.69, 9.17) is 5.73 Å². The molecule has 1 aromatic heterocycles. The van der Waals surface area contributed by atoms with Crippen LogP contribution in [0.5, 0.6) is 0 Å². The molecule has 0 aliphatic carbocycles. The Kier molecular flexibility index (Phi) is 3.24. The molecule has 0 atom stereocenters. The molecule has 2 rings (SSSR count). The maximum Gasteiger partial charge on any atom is 0.316 e. The molecule has 0 saturated carbocycles. The van der Waals surface area contributed by atoms with Crippen molar-refractivity contribution >= 4 is 27.6 Å². The van der Waals surface area contributed by atoms with Gasteiger partial charge in [0.25, 0.3) is 0 Å². The van der Waals surface area contributed by atoms with Crippen LogP contribution < -0.4 is 5.73 Å². The molecule has 0 aliphatic rings. The van der Waals surface area contributed by atoms with Gasteiger partial charge in [-0.25, -0.2) is 9.97 Å². The van der Waals surface area contributed by atoms with Gasteiger partial charge in [0.05, 0.1) is 4.92 Å². The lowest BCUT2D eigenvalue weighted by Crippen LogP contribution is -2.04. The van der Waals surface area contributed by atoms with Crippen molar-refractivity contribution in [2.24, 2.45) is 0 Å². The van der Waals surface area contributed by atoms with Crippen LogP contribution in [-0.2, 0) is 0 Å². The van der Waals surface area contributed by atoms with Crippen molar-refractivity contribution in [1.82, 2.24) is 9.97 Å². The summed E-state index contributed by atoms with van der Waals surface area (Å²) in [6.07, 6.45) is 0. The van der Waals surface area contributed by atoms with E-state index in [-0.39, 0.29) is 23.0 Å². The molecule has 2 aromatic rings. The van der Waals surface area contributed by atoms with Gasteiger partial charge in [0.1, 0.15) is 5.69 Å². The van der Waals surface area contributed by atoms with Crippen LogP contribution in [0.25, 0.3) is 11.3 Å². The lowest BCUT2D eigenvalue weighted by atomic mass is 10.1. The topological polar surface area (TPSA) is 94.9 Å². The molecule has 18 heavy (non-hydrogen) atoms. The fraction of sp³-hybridized carbons (Fsp3) is 0.0909. The minimum atomic E-state index is -0.496. The van der Waals surface area contributed by atoms with Gasteiger partial charge in [-0.05, 0) is 13.0 Å². The summed E-state index contributed by atoms with van der Waals surface area (Å²) in [6, 6.07) is 7.11. The Morgan fingerprint density at radius 2 is 2.00 bits per heavy atom. The summed E-state index contributed by atoms with van der Waals surface area (Å²) in [5, 5.41) is 11.1. The molecule has 0 amide bonds. The fourth-order valence-corrected chi connectivity index (χ4v) is 2.12. The number of rotatable bonds is 2. The number of hydrogen-bond acceptors (Lipinski definition) is 5. The number of anilines is 1. The maximum absolute atomic E-state index is 11.1. The second-order valence-electron chi connectivity index (χ2n) is 3.60. The van der Waals surface area contributed by atoms with Gasteiger partial charge in [-0.2, -0.15) is 0 Å². The molecule has 0 saturated heterocycles. The van der Waals surface area contributed by atoms with E-state index in [0.717, 1.165) is 0 Å². The van der Waals surface area contributed by atoms with Crippen molar-refractivity contribution in [2.75, 3.05) is 5.73 Å². The van der Waals surface area contributed by atoms with Crippen LogP contribution in [0.3, 0.4) is 0 Å². The normalized spacial score (nSPS) is 10.3. The van der Waals surface area contributed by atoms with Gasteiger partial charge in [-0.1, -0.05) is 34.1 Å². The lowest BCUT2D eigenvalue weighted by Gasteiger charge is -2.07. The molecule has 0 unspecified atom stereocenters. The molecule has 1 aromatic carbocycles. The standard InChI is InChI=1S/C11H9BrN4O2/c1-6-10(16(17)18)9(15-11(13)14-6)7-4-2-3-5-8(7)12/h2-5H,1H3,(H2,13,14,15). The van der Waals surface area contributed by atoms with Crippen LogP contribution in [0.15, 0.2) is 28.7 Å². The predicted octanol–water partition coefficient (Wildman–Crippen LogP) is 2.70. The molecular formula is C11H9BrN4O2. The van der Waals surface area contributed by atoms with Gasteiger partial charge in [0.15, 0.2) is 5.69 Å². The van der Waals surface area contributed by atoms with E-state index in [1.165, 1.54) is 6.92 Å². The number of halogens is 1. The van der Waals surface area contributed by atoms with Crippen LogP contribution >= 0.6 is 15.9 Å². The first-order valence-corrected chi connectivity index (χ1v) is 5.83. The number of benzene rings is 1. The van der Waals surface area contributed by atoms with Crippen LogP contribution in [0.4, 0.5) is 11.6 Å². The molecule has 2 N–H and O–H groups in total. The van der Waals surface area contributed by atoms with E-state index in [0.29, 0.717) is 10.0 Å². The zero-order valence-electron chi connectivity index (χ0n) is 9.42. The molecular weight excluding hydrogens is 300 g/mol. The molecule has 0 spiro atoms. The number of hydrogen-bond donors (Lipinski definition) is 1. The molecule has 92 valence electrons. The lowest BCUT2D eigenvalue weighted by molar-refractivity contribution is -0.385. The first-order chi connectivity index (χ1) is 8.50. The van der Waals surface area contributed by atoms with E-state index in [1.807, 2.05) is 6.07 Å². The number of nitrogen functional groups attached to an aromatic ring is 1. The fourth-order valence-electron chi connectivity index (χ4n) is 1.65. The average molecular weight is 309 g/mol. The molecule has 1 heterocycles. The molecule has 6 nitrogen and oxygen atoms in total. The molecule has 0 bridgehead atoms. The smallest absolute Gasteiger partial charge is 0.316 e. The van der Waals surface area contributed by atoms with Crippen LogP contribution in [0.1, 0.15) is 5.69 Å². The summed E-state index contributed by atoms with van der Waals surface area (Å²) in [6.45, 7) is 1.54. The van der Waals surface area contributed by atoms with Crippen molar-refractivity contribution in [3.8, 4) is 11.3 Å². The third kappa shape index (κ3) is 2.17. The van der Waals surface area contributed by atoms with E-state index >= 15 is 0 Å². The van der Waals surface area contributed by atoms with Gasteiger partial charge in [-0.15, -0.1) is 0 Å². The maximum atomic E-state index is 11.1. The Labute approximate surface area is 111 Å². The summed E-state index contributed by atoms with van der Waals surface area (Å²) in [5.74, 6) is 0.0175. The molecule has 7 heteroatoms. The largest absolute Gasteiger partial charge is 0.368 e. The Hall–Kier alpha value is -2.02. The monoisotopic (exact) mass is 308 g/mol. The second-order valence-corrected chi connectivity index (χ2v) is 4.46. The van der Waals surface area contributed by atoms with E-state index < -0.39 is 4.92 Å². The number of nitro groups is 1. The highest BCUT2D eigenvalue weighted by Gasteiger charge is 2.23. The van der Waals surface area contributed by atoms with Gasteiger partial charge >= 0.3 is 5.69 Å². The highest BCUT2D eigenvalue weighted by molar-refractivity contribution is 9.10. The van der Waals surface area contributed by atoms with Gasteiger partial charge in [0.2, 0.25) is 5.95 Å². The molecule has 0 aliphatic heterocycles. The van der Waals surface area contributed by atoms with Crippen LogP contribution in [-0.4, -0.2) is 14.9 Å². The Morgan fingerprint density at radius 3 is 2.61 bits per heavy atom. The van der Waals surface area contributed by atoms with Crippen molar-refractivity contribution < 1.29 is 4.92 Å². The second kappa shape index (κ2) is 4.69. The van der Waals surface area contributed by atoms with Gasteiger partial charge in [0, 0.05) is 10.0 Å². The summed E-state index contributed by atoms with van der Waals surface area (Å²) < 4.78 is 0.714. The Bertz CT molecular complexity index is 630. The first-order valence-electron chi connectivity index (χ1n) is 5.04. The SMILES string of the molecule is Cc1nc(N)nc(-c2ccccc2Br)c1[N+](=O)[O-]. The van der Waals surface area contributed by atoms with Crippen molar-refractivity contribution in [3.63, 3.8) is 0 Å². The summed E-state index contributed by atoms with van der Waals surface area (Å²) in [7, 11) is 0. The van der Waals surface area contributed by atoms with E-state index in [1.54, 1.807) is 18.2 Å². The van der Waals surface area contributed by atoms with E-state index in [9.17, 15) is 10.1 Å². The zero-order chi connectivity index (χ0) is 13.3. The van der Waals surface area contributed by atoms with Crippen molar-refractivity contribution in [3.05, 3.63) is 44.5 Å². The quantitative estimate of drug-likeness (QED) is 0.680. The first kappa shape index (κ1) is 12.4. The zero-order valence-corrected chi connectivity index (χ0v) is 11.0. The van der Waals surface area contributed by atoms with Crippen molar-refractivity contribution in [1.29, 1.82) is 0 Å². The molecule has 0 radical (unpaired) electrons. The number of aromatic nitrogens is 2. The van der Waals surface area contributed by atoms with E-state index in [2.05, 4.69) is 25.9 Å². The number of nitrogens with zero attached hydrogens (tertiary/aromatic N) is 3. The summed E-state index contributed by atoms with van der Waals surface area (Å²) in [4.78, 5) is 18.4. The van der Waals surface area contributed by atoms with Crippen LogP contribution in [0, 0.1) is 17.0 Å². The summed E-state index contributed by atoms with van der Waals surface area (Å²) in [5.41, 5.74) is 6.51. The Morgan fingerprint density at radius 1 is 1.33 bits per heavy atom. The van der Waals surface area contributed by atoms with Crippen LogP contribution in [0.2, 0.25) is 0 Å². The molecule has 0 fully saturated rings. The average Bonchev–Trinajstić information content (AvgIpc) is 2.27. The third-order valence-electron chi connectivity index (χ3n) is 2.39. The van der Waals surface area contributed by atoms with Crippen molar-refractivity contribution in [2.45, 2.75) is 6.92 Å².